The minimum absolute atomic E-state index is 0.377. The summed E-state index contributed by atoms with van der Waals surface area (Å²) < 4.78 is 5.75. The van der Waals surface area contributed by atoms with Crippen LogP contribution < -0.4 is 5.32 Å². The Labute approximate surface area is 116 Å². The molecule has 0 radical (unpaired) electrons. The van der Waals surface area contributed by atoms with Crippen molar-refractivity contribution in [1.82, 2.24) is 5.32 Å². The number of hydrogen-bond acceptors (Lipinski definition) is 2. The molecule has 0 amide bonds. The van der Waals surface area contributed by atoms with Crippen molar-refractivity contribution in [3.8, 4) is 0 Å². The van der Waals surface area contributed by atoms with Crippen molar-refractivity contribution in [2.24, 2.45) is 11.8 Å². The van der Waals surface area contributed by atoms with Gasteiger partial charge >= 0.3 is 0 Å². The highest BCUT2D eigenvalue weighted by Crippen LogP contribution is 2.32. The van der Waals surface area contributed by atoms with Gasteiger partial charge in [0.15, 0.2) is 0 Å². The molecule has 1 saturated carbocycles. The molecule has 4 atom stereocenters. The fourth-order valence-corrected chi connectivity index (χ4v) is 3.60. The van der Waals surface area contributed by atoms with Crippen LogP contribution in [0.25, 0.3) is 0 Å². The van der Waals surface area contributed by atoms with Gasteiger partial charge in [0.05, 0.1) is 19.3 Å². The van der Waals surface area contributed by atoms with E-state index in [1.807, 2.05) is 0 Å². The third-order valence-electron chi connectivity index (χ3n) is 5.09. The summed E-state index contributed by atoms with van der Waals surface area (Å²) in [7, 11) is 0. The molecule has 1 fully saturated rings. The lowest BCUT2D eigenvalue weighted by molar-refractivity contribution is 0.0690. The van der Waals surface area contributed by atoms with E-state index in [-0.39, 0.29) is 0 Å². The van der Waals surface area contributed by atoms with Gasteiger partial charge in [0.25, 0.3) is 0 Å². The zero-order valence-electron chi connectivity index (χ0n) is 12.1. The first-order chi connectivity index (χ1) is 9.25. The van der Waals surface area contributed by atoms with Crippen molar-refractivity contribution >= 4 is 0 Å². The van der Waals surface area contributed by atoms with Crippen LogP contribution in [0.15, 0.2) is 24.3 Å². The number of rotatable bonds is 2. The Kier molecular flexibility index (Phi) is 3.90. The molecule has 1 aliphatic carbocycles. The predicted octanol–water partition coefficient (Wildman–Crippen LogP) is 3.67. The van der Waals surface area contributed by atoms with E-state index >= 15 is 0 Å². The van der Waals surface area contributed by atoms with E-state index in [4.69, 9.17) is 4.74 Å². The molecule has 2 nitrogen and oxygen atoms in total. The van der Waals surface area contributed by atoms with E-state index in [1.54, 1.807) is 0 Å². The van der Waals surface area contributed by atoms with Gasteiger partial charge in [-0.25, -0.2) is 0 Å². The monoisotopic (exact) mass is 259 g/mol. The summed E-state index contributed by atoms with van der Waals surface area (Å²) in [5, 5.41) is 3.87. The topological polar surface area (TPSA) is 21.3 Å². The van der Waals surface area contributed by atoms with E-state index in [1.165, 1.54) is 30.4 Å². The van der Waals surface area contributed by atoms with Crippen LogP contribution in [0.3, 0.4) is 0 Å². The van der Waals surface area contributed by atoms with Crippen LogP contribution in [0.1, 0.15) is 50.3 Å². The molecule has 1 N–H and O–H groups in total. The smallest absolute Gasteiger partial charge is 0.0721 e. The van der Waals surface area contributed by atoms with Gasteiger partial charge in [-0.15, -0.1) is 0 Å². The second kappa shape index (κ2) is 5.64. The lowest BCUT2D eigenvalue weighted by Gasteiger charge is -2.38. The molecule has 104 valence electrons. The number of ether oxygens (including phenoxy) is 1. The molecule has 0 saturated heterocycles. The van der Waals surface area contributed by atoms with Crippen molar-refractivity contribution in [3.05, 3.63) is 35.4 Å². The first kappa shape index (κ1) is 13.1. The first-order valence-electron chi connectivity index (χ1n) is 7.67. The van der Waals surface area contributed by atoms with Gasteiger partial charge in [-0.1, -0.05) is 51.0 Å². The highest BCUT2D eigenvalue weighted by molar-refractivity contribution is 5.31. The molecular formula is C17H25NO. The second-order valence-electron chi connectivity index (χ2n) is 6.31. The van der Waals surface area contributed by atoms with Crippen LogP contribution in [0.2, 0.25) is 0 Å². The minimum atomic E-state index is 0.377. The van der Waals surface area contributed by atoms with Gasteiger partial charge in [0, 0.05) is 6.04 Å². The van der Waals surface area contributed by atoms with Gasteiger partial charge in [-0.3, -0.25) is 0 Å². The predicted molar refractivity (Wildman–Crippen MR) is 77.9 cm³/mol. The summed E-state index contributed by atoms with van der Waals surface area (Å²) >= 11 is 0. The molecular weight excluding hydrogens is 234 g/mol. The van der Waals surface area contributed by atoms with E-state index < -0.39 is 0 Å². The van der Waals surface area contributed by atoms with Crippen molar-refractivity contribution in [2.45, 2.75) is 51.8 Å². The number of benzene rings is 1. The van der Waals surface area contributed by atoms with E-state index in [2.05, 4.69) is 43.4 Å². The molecule has 3 rings (SSSR count). The molecule has 1 heterocycles. The standard InChI is InChI=1S/C17H25NO/c1-12-6-5-9-16(13(12)2)18-17-11-19-10-14-7-3-4-8-15(14)17/h3-4,7-8,12-13,16-18H,5-6,9-11H2,1-2H3. The lowest BCUT2D eigenvalue weighted by atomic mass is 9.77. The Hall–Kier alpha value is -0.860. The maximum atomic E-state index is 5.75. The Balaban J connectivity index is 1.74. The van der Waals surface area contributed by atoms with Crippen LogP contribution in [0.4, 0.5) is 0 Å². The van der Waals surface area contributed by atoms with Gasteiger partial charge < -0.3 is 10.1 Å². The quantitative estimate of drug-likeness (QED) is 0.875. The largest absolute Gasteiger partial charge is 0.375 e. The van der Waals surface area contributed by atoms with Gasteiger partial charge in [-0.2, -0.15) is 0 Å². The zero-order valence-corrected chi connectivity index (χ0v) is 12.1. The Morgan fingerprint density at radius 2 is 2.00 bits per heavy atom. The average molecular weight is 259 g/mol. The summed E-state index contributed by atoms with van der Waals surface area (Å²) in [5.74, 6) is 1.61. The SMILES string of the molecule is CC1CCCC(NC2COCc3ccccc32)C1C. The minimum Gasteiger partial charge on any atom is -0.375 e. The molecule has 2 heteroatoms. The summed E-state index contributed by atoms with van der Waals surface area (Å²) in [5.41, 5.74) is 2.79. The molecule has 2 aliphatic rings. The fraction of sp³-hybridized carbons (Fsp3) is 0.647. The molecule has 1 aromatic carbocycles. The average Bonchev–Trinajstić information content (AvgIpc) is 2.44. The van der Waals surface area contributed by atoms with Crippen LogP contribution in [0.5, 0.6) is 0 Å². The fourth-order valence-electron chi connectivity index (χ4n) is 3.60. The van der Waals surface area contributed by atoms with Crippen LogP contribution in [-0.4, -0.2) is 12.6 Å². The van der Waals surface area contributed by atoms with E-state index in [0.29, 0.717) is 12.1 Å². The first-order valence-corrected chi connectivity index (χ1v) is 7.67. The highest BCUT2D eigenvalue weighted by Gasteiger charge is 2.30. The van der Waals surface area contributed by atoms with Gasteiger partial charge in [0.2, 0.25) is 0 Å². The Morgan fingerprint density at radius 1 is 1.16 bits per heavy atom. The maximum Gasteiger partial charge on any atom is 0.0721 e. The molecule has 1 aliphatic heterocycles. The molecule has 1 aromatic rings. The molecule has 0 aromatic heterocycles. The van der Waals surface area contributed by atoms with Crippen LogP contribution in [-0.2, 0) is 11.3 Å². The zero-order chi connectivity index (χ0) is 13.2. The summed E-state index contributed by atoms with van der Waals surface area (Å²) in [6, 6.07) is 9.72. The number of hydrogen-bond donors (Lipinski definition) is 1. The second-order valence-corrected chi connectivity index (χ2v) is 6.31. The van der Waals surface area contributed by atoms with Crippen molar-refractivity contribution in [1.29, 1.82) is 0 Å². The highest BCUT2D eigenvalue weighted by atomic mass is 16.5. The van der Waals surface area contributed by atoms with E-state index in [9.17, 15) is 0 Å². The summed E-state index contributed by atoms with van der Waals surface area (Å²) in [6.45, 7) is 6.38. The molecule has 4 unspecified atom stereocenters. The van der Waals surface area contributed by atoms with Crippen molar-refractivity contribution in [3.63, 3.8) is 0 Å². The number of fused-ring (bicyclic) bond motifs is 1. The molecule has 19 heavy (non-hydrogen) atoms. The molecule has 0 bridgehead atoms. The van der Waals surface area contributed by atoms with E-state index in [0.717, 1.165) is 25.0 Å². The lowest BCUT2D eigenvalue weighted by Crippen LogP contribution is -2.44. The Morgan fingerprint density at radius 3 is 2.89 bits per heavy atom. The third-order valence-corrected chi connectivity index (χ3v) is 5.09. The van der Waals surface area contributed by atoms with Gasteiger partial charge in [0.1, 0.15) is 0 Å². The van der Waals surface area contributed by atoms with Crippen molar-refractivity contribution < 1.29 is 4.74 Å². The summed E-state index contributed by atoms with van der Waals surface area (Å²) in [4.78, 5) is 0. The van der Waals surface area contributed by atoms with Crippen LogP contribution >= 0.6 is 0 Å². The van der Waals surface area contributed by atoms with Crippen molar-refractivity contribution in [2.75, 3.05) is 6.61 Å². The third kappa shape index (κ3) is 2.70. The van der Waals surface area contributed by atoms with Gasteiger partial charge in [-0.05, 0) is 29.4 Å². The number of nitrogens with one attached hydrogen (secondary N) is 1. The van der Waals surface area contributed by atoms with Crippen LogP contribution in [0, 0.1) is 11.8 Å². The normalized spacial score (nSPS) is 34.8. The summed E-state index contributed by atoms with van der Waals surface area (Å²) in [6.07, 6.45) is 4.06. The Bertz CT molecular complexity index is 431. The molecule has 0 spiro atoms. The maximum absolute atomic E-state index is 5.75.